The van der Waals surface area contributed by atoms with Crippen molar-refractivity contribution in [3.05, 3.63) is 76.9 Å². The first-order valence-corrected chi connectivity index (χ1v) is 11.5. The second kappa shape index (κ2) is 10.8. The summed E-state index contributed by atoms with van der Waals surface area (Å²) in [5.74, 6) is 1.51. The number of hydrogen-bond donors (Lipinski definition) is 3. The van der Waals surface area contributed by atoms with Crippen LogP contribution < -0.4 is 10.6 Å². The maximum atomic E-state index is 10.1. The number of nitrogens with two attached hydrogens (primary N) is 1. The van der Waals surface area contributed by atoms with Gasteiger partial charge >= 0.3 is 0 Å². The SMILES string of the molecule is C=C(C=N/C(=C\N)N1CCN(c2nnc(Cc3ccccc3)c(C)c2C)C[C@H]1C)C(C)(O)CO. The highest BCUT2D eigenvalue weighted by Crippen LogP contribution is 2.26. The molecule has 1 aromatic heterocycles. The number of aliphatic hydroxyl groups is 2. The molecule has 1 aliphatic rings. The van der Waals surface area contributed by atoms with E-state index < -0.39 is 12.2 Å². The van der Waals surface area contributed by atoms with Crippen LogP contribution in [0.2, 0.25) is 0 Å². The highest BCUT2D eigenvalue weighted by Gasteiger charge is 2.28. The molecule has 1 aromatic carbocycles. The topological polar surface area (TPSA) is 111 Å². The lowest BCUT2D eigenvalue weighted by Crippen LogP contribution is -2.51. The Morgan fingerprint density at radius 2 is 1.94 bits per heavy atom. The highest BCUT2D eigenvalue weighted by molar-refractivity contribution is 5.81. The summed E-state index contributed by atoms with van der Waals surface area (Å²) in [7, 11) is 0. The van der Waals surface area contributed by atoms with Gasteiger partial charge in [-0.3, -0.25) is 0 Å². The largest absolute Gasteiger partial charge is 0.402 e. The van der Waals surface area contributed by atoms with Gasteiger partial charge in [-0.15, -0.1) is 5.10 Å². The first kappa shape index (κ1) is 25.4. The summed E-state index contributed by atoms with van der Waals surface area (Å²) < 4.78 is 0. The van der Waals surface area contributed by atoms with Crippen LogP contribution in [-0.4, -0.2) is 69.4 Å². The Morgan fingerprint density at radius 1 is 1.24 bits per heavy atom. The van der Waals surface area contributed by atoms with Crippen LogP contribution in [0.4, 0.5) is 5.82 Å². The van der Waals surface area contributed by atoms with Crippen LogP contribution in [0.25, 0.3) is 0 Å². The van der Waals surface area contributed by atoms with E-state index in [9.17, 15) is 10.2 Å². The van der Waals surface area contributed by atoms with E-state index in [2.05, 4.69) is 64.5 Å². The normalized spacial score (nSPS) is 18.9. The summed E-state index contributed by atoms with van der Waals surface area (Å²) in [6.45, 7) is 13.4. The van der Waals surface area contributed by atoms with Gasteiger partial charge in [-0.1, -0.05) is 36.9 Å². The fourth-order valence-corrected chi connectivity index (χ4v) is 3.99. The van der Waals surface area contributed by atoms with Gasteiger partial charge in [-0.05, 0) is 50.0 Å². The number of hydrogen-bond acceptors (Lipinski definition) is 8. The predicted octanol–water partition coefficient (Wildman–Crippen LogP) is 2.32. The minimum atomic E-state index is -1.42. The molecule has 2 atom stereocenters. The first-order valence-electron chi connectivity index (χ1n) is 11.5. The van der Waals surface area contributed by atoms with E-state index in [1.165, 1.54) is 30.5 Å². The molecule has 182 valence electrons. The minimum Gasteiger partial charge on any atom is -0.402 e. The molecule has 8 heteroatoms. The second-order valence-electron chi connectivity index (χ2n) is 9.11. The number of aromatic nitrogens is 2. The van der Waals surface area contributed by atoms with Gasteiger partial charge in [0, 0.05) is 44.5 Å². The second-order valence-corrected chi connectivity index (χ2v) is 9.11. The third kappa shape index (κ3) is 5.63. The van der Waals surface area contributed by atoms with Crippen molar-refractivity contribution in [2.24, 2.45) is 10.7 Å². The molecular formula is C26H36N6O2. The molecule has 1 saturated heterocycles. The van der Waals surface area contributed by atoms with Crippen molar-refractivity contribution in [2.45, 2.75) is 45.8 Å². The van der Waals surface area contributed by atoms with Crippen LogP contribution >= 0.6 is 0 Å². The zero-order chi connectivity index (χ0) is 24.9. The summed E-state index contributed by atoms with van der Waals surface area (Å²) in [6.07, 6.45) is 3.68. The Hall–Kier alpha value is -3.23. The molecule has 1 unspecified atom stereocenters. The summed E-state index contributed by atoms with van der Waals surface area (Å²) in [6, 6.07) is 10.4. The maximum absolute atomic E-state index is 10.1. The third-order valence-corrected chi connectivity index (χ3v) is 6.53. The van der Waals surface area contributed by atoms with Gasteiger partial charge in [0.1, 0.15) is 11.4 Å². The molecule has 0 bridgehead atoms. The number of piperazine rings is 1. The van der Waals surface area contributed by atoms with Crippen LogP contribution in [0.15, 0.2) is 59.5 Å². The van der Waals surface area contributed by atoms with Crippen LogP contribution in [0, 0.1) is 13.8 Å². The molecule has 1 fully saturated rings. The van der Waals surface area contributed by atoms with Crippen LogP contribution in [0.3, 0.4) is 0 Å². The van der Waals surface area contributed by atoms with E-state index in [0.717, 1.165) is 36.6 Å². The third-order valence-electron chi connectivity index (χ3n) is 6.53. The Balaban J connectivity index is 1.71. The molecule has 2 aromatic rings. The molecular weight excluding hydrogens is 428 g/mol. The standard InChI is InChI=1S/C26H36N6O2/c1-18(26(5,34)17-33)15-28-24(14-27)32-12-11-31(16-19(32)2)25-21(4)20(3)23(29-30-25)13-22-9-7-6-8-10-22/h6-10,14-15,19,33-34H,1,11-13,16-17,27H2,2-5H3/b24-14+,28-15?/t19-,26?/m1/s1. The molecule has 0 spiro atoms. The van der Waals surface area contributed by atoms with E-state index in [1.54, 1.807) is 0 Å². The lowest BCUT2D eigenvalue weighted by molar-refractivity contribution is 0.0389. The van der Waals surface area contributed by atoms with Crippen molar-refractivity contribution in [3.8, 4) is 0 Å². The molecule has 2 heterocycles. The van der Waals surface area contributed by atoms with Crippen LogP contribution in [0.1, 0.15) is 36.2 Å². The fourth-order valence-electron chi connectivity index (χ4n) is 3.99. The van der Waals surface area contributed by atoms with Gasteiger partial charge in [0.15, 0.2) is 5.82 Å². The number of aliphatic hydroxyl groups excluding tert-OH is 1. The van der Waals surface area contributed by atoms with E-state index in [4.69, 9.17) is 5.73 Å². The maximum Gasteiger partial charge on any atom is 0.154 e. The molecule has 0 aliphatic carbocycles. The van der Waals surface area contributed by atoms with Crippen LogP contribution in [-0.2, 0) is 6.42 Å². The lowest BCUT2D eigenvalue weighted by Gasteiger charge is -2.41. The lowest BCUT2D eigenvalue weighted by atomic mass is 10.00. The van der Waals surface area contributed by atoms with E-state index in [1.807, 2.05) is 18.2 Å². The highest BCUT2D eigenvalue weighted by atomic mass is 16.3. The molecule has 3 rings (SSSR count). The van der Waals surface area contributed by atoms with Crippen molar-refractivity contribution in [1.82, 2.24) is 15.1 Å². The Kier molecular flexibility index (Phi) is 8.06. The van der Waals surface area contributed by atoms with Crippen molar-refractivity contribution in [1.29, 1.82) is 0 Å². The summed E-state index contributed by atoms with van der Waals surface area (Å²) >= 11 is 0. The quantitative estimate of drug-likeness (QED) is 0.514. The number of rotatable bonds is 8. The van der Waals surface area contributed by atoms with Crippen LogP contribution in [0.5, 0.6) is 0 Å². The number of anilines is 1. The molecule has 1 aliphatic heterocycles. The molecule has 4 N–H and O–H groups in total. The Labute approximate surface area is 202 Å². The monoisotopic (exact) mass is 464 g/mol. The van der Waals surface area contributed by atoms with E-state index in [0.29, 0.717) is 17.9 Å². The zero-order valence-electron chi connectivity index (χ0n) is 20.6. The predicted molar refractivity (Wildman–Crippen MR) is 137 cm³/mol. The molecule has 0 amide bonds. The molecule has 0 saturated carbocycles. The average molecular weight is 465 g/mol. The summed E-state index contributed by atoms with van der Waals surface area (Å²) in [4.78, 5) is 8.81. The fraction of sp³-hybridized carbons (Fsp3) is 0.423. The van der Waals surface area contributed by atoms with E-state index in [-0.39, 0.29) is 6.04 Å². The number of nitrogens with zero attached hydrogens (tertiary/aromatic N) is 5. The molecule has 8 nitrogen and oxygen atoms in total. The summed E-state index contributed by atoms with van der Waals surface area (Å²) in [5, 5.41) is 28.6. The number of benzene rings is 1. The zero-order valence-corrected chi connectivity index (χ0v) is 20.6. The Bertz CT molecular complexity index is 1060. The Morgan fingerprint density at radius 3 is 2.56 bits per heavy atom. The summed E-state index contributed by atoms with van der Waals surface area (Å²) in [5.41, 5.74) is 9.31. The first-order chi connectivity index (χ1) is 16.2. The van der Waals surface area contributed by atoms with Gasteiger partial charge in [0.2, 0.25) is 0 Å². The van der Waals surface area contributed by atoms with Crippen molar-refractivity contribution in [3.63, 3.8) is 0 Å². The van der Waals surface area contributed by atoms with Gasteiger partial charge in [-0.25, -0.2) is 4.99 Å². The van der Waals surface area contributed by atoms with Crippen molar-refractivity contribution in [2.75, 3.05) is 31.1 Å². The van der Waals surface area contributed by atoms with E-state index >= 15 is 0 Å². The average Bonchev–Trinajstić information content (AvgIpc) is 2.83. The van der Waals surface area contributed by atoms with Gasteiger partial charge < -0.3 is 25.7 Å². The van der Waals surface area contributed by atoms with Gasteiger partial charge in [0.05, 0.1) is 12.3 Å². The van der Waals surface area contributed by atoms with Crippen molar-refractivity contribution >= 4 is 12.0 Å². The molecule has 0 radical (unpaired) electrons. The van der Waals surface area contributed by atoms with Crippen molar-refractivity contribution < 1.29 is 10.2 Å². The minimum absolute atomic E-state index is 0.123. The molecule has 34 heavy (non-hydrogen) atoms. The van der Waals surface area contributed by atoms with Gasteiger partial charge in [0.25, 0.3) is 0 Å². The smallest absolute Gasteiger partial charge is 0.154 e. The number of aliphatic imine (C=N–C) groups is 1. The van der Waals surface area contributed by atoms with Gasteiger partial charge in [-0.2, -0.15) is 5.10 Å².